The number of nitrogens with zero attached hydrogens (tertiary/aromatic N) is 3. The third kappa shape index (κ3) is 2.77. The molecule has 0 saturated heterocycles. The highest BCUT2D eigenvalue weighted by atomic mass is 15.1. The van der Waals surface area contributed by atoms with Gasteiger partial charge in [0.2, 0.25) is 0 Å². The number of anilines is 1. The SMILES string of the molecule is CCc1nccn1Cc1ccc(N2CC=CCC2)cc1. The molecule has 0 N–H and O–H groups in total. The van der Waals surface area contributed by atoms with E-state index in [9.17, 15) is 0 Å². The van der Waals surface area contributed by atoms with Gasteiger partial charge in [-0.15, -0.1) is 0 Å². The van der Waals surface area contributed by atoms with Crippen molar-refractivity contribution in [2.24, 2.45) is 0 Å². The monoisotopic (exact) mass is 267 g/mol. The van der Waals surface area contributed by atoms with Crippen LogP contribution in [0.5, 0.6) is 0 Å². The third-order valence-corrected chi connectivity index (χ3v) is 3.83. The second-order valence-electron chi connectivity index (χ2n) is 5.20. The number of hydrogen-bond acceptors (Lipinski definition) is 2. The summed E-state index contributed by atoms with van der Waals surface area (Å²) in [5, 5.41) is 0. The van der Waals surface area contributed by atoms with Crippen molar-refractivity contribution in [3.05, 3.63) is 60.2 Å². The zero-order valence-corrected chi connectivity index (χ0v) is 12.0. The summed E-state index contributed by atoms with van der Waals surface area (Å²) >= 11 is 0. The van der Waals surface area contributed by atoms with Gasteiger partial charge in [0.25, 0.3) is 0 Å². The maximum Gasteiger partial charge on any atom is 0.108 e. The Bertz CT molecular complexity index is 581. The molecule has 0 spiro atoms. The number of hydrogen-bond donors (Lipinski definition) is 0. The highest BCUT2D eigenvalue weighted by Crippen LogP contribution is 2.18. The van der Waals surface area contributed by atoms with Crippen molar-refractivity contribution in [3.8, 4) is 0 Å². The van der Waals surface area contributed by atoms with Crippen LogP contribution in [0.2, 0.25) is 0 Å². The molecule has 0 aliphatic carbocycles. The van der Waals surface area contributed by atoms with Gasteiger partial charge in [0.15, 0.2) is 0 Å². The highest BCUT2D eigenvalue weighted by Gasteiger charge is 2.07. The average Bonchev–Trinajstić information content (AvgIpc) is 2.96. The molecule has 0 bridgehead atoms. The lowest BCUT2D eigenvalue weighted by Crippen LogP contribution is -2.26. The molecular weight excluding hydrogens is 246 g/mol. The van der Waals surface area contributed by atoms with Crippen LogP contribution in [0.4, 0.5) is 5.69 Å². The lowest BCUT2D eigenvalue weighted by molar-refractivity contribution is 0.732. The molecule has 1 aromatic carbocycles. The van der Waals surface area contributed by atoms with Crippen molar-refractivity contribution in [3.63, 3.8) is 0 Å². The number of imidazole rings is 1. The molecule has 1 aliphatic rings. The van der Waals surface area contributed by atoms with E-state index in [0.717, 1.165) is 38.3 Å². The zero-order valence-electron chi connectivity index (χ0n) is 12.0. The Morgan fingerprint density at radius 1 is 1.15 bits per heavy atom. The molecule has 0 saturated carbocycles. The number of rotatable bonds is 4. The van der Waals surface area contributed by atoms with Gasteiger partial charge in [0, 0.05) is 44.1 Å². The van der Waals surface area contributed by atoms with E-state index < -0.39 is 0 Å². The maximum atomic E-state index is 4.37. The van der Waals surface area contributed by atoms with Gasteiger partial charge in [-0.05, 0) is 24.1 Å². The molecule has 0 radical (unpaired) electrons. The van der Waals surface area contributed by atoms with Crippen LogP contribution in [-0.4, -0.2) is 22.6 Å². The fraction of sp³-hybridized carbons (Fsp3) is 0.353. The molecule has 0 amide bonds. The Balaban J connectivity index is 1.71. The van der Waals surface area contributed by atoms with Crippen LogP contribution in [0, 0.1) is 0 Å². The average molecular weight is 267 g/mol. The lowest BCUT2D eigenvalue weighted by Gasteiger charge is -2.25. The van der Waals surface area contributed by atoms with Gasteiger partial charge in [-0.2, -0.15) is 0 Å². The summed E-state index contributed by atoms with van der Waals surface area (Å²) in [6, 6.07) is 8.92. The molecular formula is C17H21N3. The Morgan fingerprint density at radius 2 is 2.00 bits per heavy atom. The quantitative estimate of drug-likeness (QED) is 0.793. The molecule has 1 aliphatic heterocycles. The third-order valence-electron chi connectivity index (χ3n) is 3.83. The van der Waals surface area contributed by atoms with Gasteiger partial charge < -0.3 is 9.47 Å². The first kappa shape index (κ1) is 13.0. The summed E-state index contributed by atoms with van der Waals surface area (Å²) in [5.41, 5.74) is 2.65. The molecule has 0 unspecified atom stereocenters. The van der Waals surface area contributed by atoms with E-state index in [-0.39, 0.29) is 0 Å². The van der Waals surface area contributed by atoms with Crippen LogP contribution >= 0.6 is 0 Å². The van der Waals surface area contributed by atoms with E-state index in [2.05, 4.69) is 64.0 Å². The molecule has 104 valence electrons. The van der Waals surface area contributed by atoms with Gasteiger partial charge in [-0.3, -0.25) is 0 Å². The van der Waals surface area contributed by atoms with E-state index in [1.807, 2.05) is 6.20 Å². The summed E-state index contributed by atoms with van der Waals surface area (Å²) in [7, 11) is 0. The molecule has 0 atom stereocenters. The van der Waals surface area contributed by atoms with E-state index in [1.54, 1.807) is 0 Å². The van der Waals surface area contributed by atoms with E-state index in [0.29, 0.717) is 0 Å². The molecule has 0 fully saturated rings. The predicted molar refractivity (Wildman–Crippen MR) is 83.1 cm³/mol. The maximum absolute atomic E-state index is 4.37. The zero-order chi connectivity index (χ0) is 13.8. The van der Waals surface area contributed by atoms with Crippen LogP contribution < -0.4 is 4.90 Å². The summed E-state index contributed by atoms with van der Waals surface area (Å²) in [5.74, 6) is 1.15. The summed E-state index contributed by atoms with van der Waals surface area (Å²) in [6.45, 7) is 5.20. The Labute approximate surface area is 120 Å². The van der Waals surface area contributed by atoms with Crippen LogP contribution in [-0.2, 0) is 13.0 Å². The van der Waals surface area contributed by atoms with Crippen LogP contribution in [0.3, 0.4) is 0 Å². The fourth-order valence-corrected chi connectivity index (χ4v) is 2.68. The summed E-state index contributed by atoms with van der Waals surface area (Å²) < 4.78 is 2.22. The van der Waals surface area contributed by atoms with Gasteiger partial charge in [0.05, 0.1) is 0 Å². The Kier molecular flexibility index (Phi) is 3.86. The minimum Gasteiger partial charge on any atom is -0.368 e. The summed E-state index contributed by atoms with van der Waals surface area (Å²) in [6.07, 6.45) is 10.6. The van der Waals surface area contributed by atoms with Crippen LogP contribution in [0.1, 0.15) is 24.7 Å². The second-order valence-corrected chi connectivity index (χ2v) is 5.20. The molecule has 3 rings (SSSR count). The van der Waals surface area contributed by atoms with E-state index in [1.165, 1.54) is 11.3 Å². The fourth-order valence-electron chi connectivity index (χ4n) is 2.68. The smallest absolute Gasteiger partial charge is 0.108 e. The van der Waals surface area contributed by atoms with Crippen molar-refractivity contribution in [2.45, 2.75) is 26.3 Å². The standard InChI is InChI=1S/C17H21N3/c1-2-17-18-10-13-20(17)14-15-6-8-16(9-7-15)19-11-4-3-5-12-19/h3-4,6-10,13H,2,5,11-12,14H2,1H3. The Morgan fingerprint density at radius 3 is 2.70 bits per heavy atom. The molecule has 2 aromatic rings. The molecule has 3 heteroatoms. The first-order valence-corrected chi connectivity index (χ1v) is 7.35. The number of benzene rings is 1. The van der Waals surface area contributed by atoms with Crippen molar-refractivity contribution in [1.82, 2.24) is 9.55 Å². The number of aryl methyl sites for hydroxylation is 1. The van der Waals surface area contributed by atoms with Crippen molar-refractivity contribution < 1.29 is 0 Å². The highest BCUT2D eigenvalue weighted by molar-refractivity contribution is 5.48. The molecule has 3 nitrogen and oxygen atoms in total. The molecule has 2 heterocycles. The van der Waals surface area contributed by atoms with Crippen molar-refractivity contribution >= 4 is 5.69 Å². The molecule has 20 heavy (non-hydrogen) atoms. The van der Waals surface area contributed by atoms with Crippen LogP contribution in [0.15, 0.2) is 48.8 Å². The van der Waals surface area contributed by atoms with Gasteiger partial charge in [0.1, 0.15) is 5.82 Å². The van der Waals surface area contributed by atoms with Crippen molar-refractivity contribution in [1.29, 1.82) is 0 Å². The van der Waals surface area contributed by atoms with Crippen LogP contribution in [0.25, 0.3) is 0 Å². The van der Waals surface area contributed by atoms with Gasteiger partial charge in [-0.1, -0.05) is 31.2 Å². The molecule has 1 aromatic heterocycles. The second kappa shape index (κ2) is 5.95. The van der Waals surface area contributed by atoms with E-state index >= 15 is 0 Å². The van der Waals surface area contributed by atoms with Gasteiger partial charge >= 0.3 is 0 Å². The van der Waals surface area contributed by atoms with Crippen molar-refractivity contribution in [2.75, 3.05) is 18.0 Å². The predicted octanol–water partition coefficient (Wildman–Crippen LogP) is 3.26. The minimum absolute atomic E-state index is 0.906. The van der Waals surface area contributed by atoms with E-state index in [4.69, 9.17) is 0 Å². The Hall–Kier alpha value is -2.03. The van der Waals surface area contributed by atoms with Gasteiger partial charge in [-0.25, -0.2) is 4.98 Å². The summed E-state index contributed by atoms with van der Waals surface area (Å²) in [4.78, 5) is 6.78. The number of aromatic nitrogens is 2. The lowest BCUT2D eigenvalue weighted by atomic mass is 10.1. The minimum atomic E-state index is 0.906. The normalized spacial score (nSPS) is 14.8. The topological polar surface area (TPSA) is 21.1 Å². The first-order chi connectivity index (χ1) is 9.86. The largest absolute Gasteiger partial charge is 0.368 e. The first-order valence-electron chi connectivity index (χ1n) is 7.35.